The van der Waals surface area contributed by atoms with Crippen LogP contribution in [0.4, 0.5) is 0 Å². The van der Waals surface area contributed by atoms with Crippen molar-refractivity contribution >= 4 is 23.9 Å². The third-order valence-corrected chi connectivity index (χ3v) is 9.63. The summed E-state index contributed by atoms with van der Waals surface area (Å²) < 4.78 is 48.6. The first kappa shape index (κ1) is 43.1. The minimum absolute atomic E-state index is 0.0959. The fourth-order valence-electron chi connectivity index (χ4n) is 6.47. The lowest BCUT2D eigenvalue weighted by Crippen LogP contribution is -2.66. The number of ether oxygens (including phenoxy) is 8. The second-order valence-electron chi connectivity index (χ2n) is 13.7. The van der Waals surface area contributed by atoms with E-state index in [2.05, 4.69) is 0 Å². The molecule has 0 aromatic heterocycles. The maximum absolute atomic E-state index is 13.9. The molecule has 2 aliphatic heterocycles. The molecule has 59 heavy (non-hydrogen) atoms. The molecule has 4 aromatic rings. The summed E-state index contributed by atoms with van der Waals surface area (Å²) >= 11 is 0. The predicted molar refractivity (Wildman–Crippen MR) is 206 cm³/mol. The van der Waals surface area contributed by atoms with Crippen LogP contribution in [0.25, 0.3) is 0 Å². The van der Waals surface area contributed by atoms with Gasteiger partial charge in [-0.15, -0.1) is 0 Å². The Morgan fingerprint density at radius 3 is 1.46 bits per heavy atom. The van der Waals surface area contributed by atoms with E-state index in [-0.39, 0.29) is 28.9 Å². The number of hydrogen-bond donors (Lipinski definition) is 3. The van der Waals surface area contributed by atoms with Gasteiger partial charge in [-0.25, -0.2) is 19.2 Å². The molecule has 4 aromatic carbocycles. The van der Waals surface area contributed by atoms with Crippen LogP contribution in [0, 0.1) is 0 Å². The zero-order chi connectivity index (χ0) is 41.7. The molecule has 6 rings (SSSR count). The smallest absolute Gasteiger partial charge is 0.338 e. The third-order valence-electron chi connectivity index (χ3n) is 9.63. The first-order chi connectivity index (χ1) is 28.7. The summed E-state index contributed by atoms with van der Waals surface area (Å²) in [6.07, 6.45) is -15.0. The van der Waals surface area contributed by atoms with E-state index in [9.17, 15) is 34.5 Å². The minimum Gasteiger partial charge on any atom is -0.459 e. The van der Waals surface area contributed by atoms with E-state index >= 15 is 0 Å². The van der Waals surface area contributed by atoms with Gasteiger partial charge < -0.3 is 53.2 Å². The highest BCUT2D eigenvalue weighted by atomic mass is 16.8. The molecule has 2 fully saturated rings. The van der Waals surface area contributed by atoms with E-state index in [1.807, 2.05) is 6.92 Å². The summed E-state index contributed by atoms with van der Waals surface area (Å²) in [6, 6.07) is 31.9. The van der Waals surface area contributed by atoms with Gasteiger partial charge in [0, 0.05) is 6.61 Å². The highest BCUT2D eigenvalue weighted by Gasteiger charge is 2.56. The monoisotopic (exact) mass is 814 g/mol. The molecule has 4 unspecified atom stereocenters. The number of aliphatic hydroxyl groups is 3. The number of aliphatic hydroxyl groups excluding tert-OH is 3. The minimum atomic E-state index is -1.88. The van der Waals surface area contributed by atoms with E-state index in [1.165, 1.54) is 36.4 Å². The molecule has 312 valence electrons. The third kappa shape index (κ3) is 11.0. The van der Waals surface area contributed by atoms with Gasteiger partial charge in [0.1, 0.15) is 37.1 Å². The maximum Gasteiger partial charge on any atom is 0.338 e. The van der Waals surface area contributed by atoms with Crippen LogP contribution in [0.2, 0.25) is 0 Å². The number of benzene rings is 4. The van der Waals surface area contributed by atoms with Crippen molar-refractivity contribution in [1.82, 2.24) is 0 Å². The topological polar surface area (TPSA) is 203 Å². The van der Waals surface area contributed by atoms with Gasteiger partial charge in [0.15, 0.2) is 30.9 Å². The molecule has 10 atom stereocenters. The van der Waals surface area contributed by atoms with E-state index in [0.29, 0.717) is 6.42 Å². The Kier molecular flexibility index (Phi) is 15.3. The second kappa shape index (κ2) is 20.9. The first-order valence-corrected chi connectivity index (χ1v) is 19.2. The van der Waals surface area contributed by atoms with Crippen LogP contribution in [-0.4, -0.2) is 120 Å². The molecule has 0 bridgehead atoms. The second-order valence-corrected chi connectivity index (χ2v) is 13.7. The summed E-state index contributed by atoms with van der Waals surface area (Å²) in [5.74, 6) is -3.37. The molecule has 0 aliphatic carbocycles. The summed E-state index contributed by atoms with van der Waals surface area (Å²) in [5, 5.41) is 32.4. The molecule has 0 amide bonds. The highest BCUT2D eigenvalue weighted by molar-refractivity contribution is 5.91. The van der Waals surface area contributed by atoms with Crippen molar-refractivity contribution in [2.45, 2.75) is 81.2 Å². The van der Waals surface area contributed by atoms with Crippen molar-refractivity contribution in [3.05, 3.63) is 144 Å². The quantitative estimate of drug-likeness (QED) is 0.0835. The number of carbonyl (C=O) groups excluding carboxylic acids is 4. The molecule has 15 heteroatoms. The Morgan fingerprint density at radius 2 is 0.983 bits per heavy atom. The summed E-state index contributed by atoms with van der Waals surface area (Å²) in [5.41, 5.74) is 0.572. The molecule has 2 saturated heterocycles. The van der Waals surface area contributed by atoms with Gasteiger partial charge in [0.25, 0.3) is 0 Å². The Bertz CT molecular complexity index is 1950. The average Bonchev–Trinajstić information content (AvgIpc) is 3.28. The van der Waals surface area contributed by atoms with Gasteiger partial charge in [0.05, 0.1) is 28.9 Å². The number of rotatable bonds is 16. The summed E-state index contributed by atoms with van der Waals surface area (Å²) in [4.78, 5) is 54.4. The van der Waals surface area contributed by atoms with Crippen molar-refractivity contribution < 1.29 is 72.4 Å². The standard InChI is InChI=1S/C44H46O15/c1-2-3-24-52-43-38(58-42(51)30-22-14-7-15-23-30)37(57-41(50)29-20-12-6-13-21-29)35(32(55-43)26-53-39(48)27-16-8-4-9-17-27)59-44-36(34(47)33(46)31(25-45)54-44)56-40(49)28-18-10-5-11-19-28/h4-23,31-38,43-47H,2-3,24-26H2,1H3/t31?,32?,33-,34?,35+,36-,37?,38-,43+,44-/m0/s1. The molecular formula is C44H46O15. The Hall–Kier alpha value is -5.52. The van der Waals surface area contributed by atoms with Gasteiger partial charge >= 0.3 is 23.9 Å². The van der Waals surface area contributed by atoms with Crippen LogP contribution in [0.15, 0.2) is 121 Å². The van der Waals surface area contributed by atoms with E-state index in [4.69, 9.17) is 37.9 Å². The first-order valence-electron chi connectivity index (χ1n) is 19.2. The van der Waals surface area contributed by atoms with Gasteiger partial charge in [-0.05, 0) is 55.0 Å². The SMILES string of the molecule is CCCCO[C@@H]1OC(COC(=O)c2ccccc2)[C@@H](O[C@@H]2OC(CO)[C@H](O)C(O)[C@@H]2OC(=O)c2ccccc2)C(OC(=O)c2ccccc2)[C@@H]1OC(=O)c1ccccc1. The molecule has 2 heterocycles. The van der Waals surface area contributed by atoms with Crippen molar-refractivity contribution in [2.24, 2.45) is 0 Å². The zero-order valence-corrected chi connectivity index (χ0v) is 32.1. The molecule has 3 N–H and O–H groups in total. The van der Waals surface area contributed by atoms with Gasteiger partial charge in [-0.3, -0.25) is 0 Å². The summed E-state index contributed by atoms with van der Waals surface area (Å²) in [7, 11) is 0. The van der Waals surface area contributed by atoms with E-state index in [1.54, 1.807) is 84.9 Å². The average molecular weight is 815 g/mol. The lowest BCUT2D eigenvalue weighted by atomic mass is 9.96. The lowest BCUT2D eigenvalue weighted by Gasteiger charge is -2.48. The Morgan fingerprint density at radius 1 is 0.542 bits per heavy atom. The fraction of sp³-hybridized carbons (Fsp3) is 0.364. The van der Waals surface area contributed by atoms with Crippen LogP contribution in [0.5, 0.6) is 0 Å². The Balaban J connectivity index is 1.42. The maximum atomic E-state index is 13.9. The molecule has 0 spiro atoms. The largest absolute Gasteiger partial charge is 0.459 e. The number of carbonyl (C=O) groups is 4. The predicted octanol–water partition coefficient (Wildman–Crippen LogP) is 3.89. The van der Waals surface area contributed by atoms with E-state index in [0.717, 1.165) is 6.42 Å². The van der Waals surface area contributed by atoms with Crippen LogP contribution < -0.4 is 0 Å². The molecule has 0 saturated carbocycles. The number of unbranched alkanes of at least 4 members (excludes halogenated alkanes) is 1. The van der Waals surface area contributed by atoms with Crippen molar-refractivity contribution in [3.63, 3.8) is 0 Å². The lowest BCUT2D eigenvalue weighted by molar-refractivity contribution is -0.357. The normalized spacial score (nSPS) is 26.6. The van der Waals surface area contributed by atoms with Gasteiger partial charge in [-0.1, -0.05) is 86.1 Å². The van der Waals surface area contributed by atoms with Crippen molar-refractivity contribution in [1.29, 1.82) is 0 Å². The number of hydrogen-bond acceptors (Lipinski definition) is 15. The van der Waals surface area contributed by atoms with Crippen LogP contribution >= 0.6 is 0 Å². The van der Waals surface area contributed by atoms with Gasteiger partial charge in [0.2, 0.25) is 0 Å². The molecular weight excluding hydrogens is 768 g/mol. The molecule has 2 aliphatic rings. The summed E-state index contributed by atoms with van der Waals surface area (Å²) in [6.45, 7) is 0.705. The number of esters is 4. The van der Waals surface area contributed by atoms with Crippen LogP contribution in [-0.2, 0) is 37.9 Å². The van der Waals surface area contributed by atoms with Gasteiger partial charge in [-0.2, -0.15) is 0 Å². The van der Waals surface area contributed by atoms with Crippen LogP contribution in [0.1, 0.15) is 61.2 Å². The van der Waals surface area contributed by atoms with E-state index < -0.39 is 98.5 Å². The highest BCUT2D eigenvalue weighted by Crippen LogP contribution is 2.35. The Labute approximate surface area is 340 Å². The molecule has 15 nitrogen and oxygen atoms in total. The van der Waals surface area contributed by atoms with Crippen LogP contribution in [0.3, 0.4) is 0 Å². The van der Waals surface area contributed by atoms with Crippen molar-refractivity contribution in [2.75, 3.05) is 19.8 Å². The fourth-order valence-corrected chi connectivity index (χ4v) is 6.47. The molecule has 0 radical (unpaired) electrons. The van der Waals surface area contributed by atoms with Crippen molar-refractivity contribution in [3.8, 4) is 0 Å². The zero-order valence-electron chi connectivity index (χ0n) is 32.1.